The molecule has 0 N–H and O–H groups in total. The molecule has 0 spiro atoms. The van der Waals surface area contributed by atoms with Gasteiger partial charge in [-0.05, 0) is 25.5 Å². The van der Waals surface area contributed by atoms with Crippen molar-refractivity contribution >= 4 is 16.6 Å². The molecule has 0 radical (unpaired) electrons. The van der Waals surface area contributed by atoms with Crippen LogP contribution in [0.2, 0.25) is 0 Å². The zero-order chi connectivity index (χ0) is 22.1. The molecule has 0 atom stereocenters. The summed E-state index contributed by atoms with van der Waals surface area (Å²) in [6.07, 6.45) is 8.98. The third-order valence-corrected chi connectivity index (χ3v) is 5.22. The number of aryl methyl sites for hydroxylation is 1. The summed E-state index contributed by atoms with van der Waals surface area (Å²) >= 11 is 0. The molecule has 0 aliphatic carbocycles. The van der Waals surface area contributed by atoms with E-state index in [4.69, 9.17) is 9.47 Å². The summed E-state index contributed by atoms with van der Waals surface area (Å²) in [5.41, 5.74) is 0.0992. The molecule has 0 bridgehead atoms. The summed E-state index contributed by atoms with van der Waals surface area (Å²) in [5.74, 6) is 1.12. The number of rotatable bonds is 12. The zero-order valence-electron chi connectivity index (χ0n) is 18.4. The van der Waals surface area contributed by atoms with E-state index in [2.05, 4.69) is 6.92 Å². The summed E-state index contributed by atoms with van der Waals surface area (Å²) in [6.45, 7) is 6.46. The largest absolute Gasteiger partial charge is 0.488 e. The van der Waals surface area contributed by atoms with Crippen LogP contribution in [0.1, 0.15) is 65.7 Å². The van der Waals surface area contributed by atoms with Crippen LogP contribution in [0.3, 0.4) is 0 Å². The molecule has 0 amide bonds. The highest BCUT2D eigenvalue weighted by Crippen LogP contribution is 2.36. The molecule has 0 aliphatic rings. The van der Waals surface area contributed by atoms with E-state index in [1.54, 1.807) is 10.6 Å². The first-order valence-electron chi connectivity index (χ1n) is 10.7. The second-order valence-electron chi connectivity index (χ2n) is 7.26. The van der Waals surface area contributed by atoms with E-state index in [1.807, 2.05) is 19.9 Å². The van der Waals surface area contributed by atoms with E-state index in [0.717, 1.165) is 19.3 Å². The van der Waals surface area contributed by atoms with Crippen molar-refractivity contribution in [2.75, 3.05) is 7.11 Å². The molecule has 1 aromatic carbocycles. The van der Waals surface area contributed by atoms with Crippen molar-refractivity contribution in [1.29, 1.82) is 0 Å². The van der Waals surface area contributed by atoms with Crippen molar-refractivity contribution in [3.63, 3.8) is 0 Å². The van der Waals surface area contributed by atoms with Crippen LogP contribution < -0.4 is 15.0 Å². The Labute approximate surface area is 177 Å². The Morgan fingerprint density at radius 3 is 2.43 bits per heavy atom. The van der Waals surface area contributed by atoms with Crippen molar-refractivity contribution in [1.82, 2.24) is 4.57 Å². The standard InChI is InChI=1S/C23H32N2O5/c1-5-8-9-10-11-12-15-24-20-16-17(25(27)28)13-14-19(20)21(22(29-4)23(24)26)30-18(6-2)7-3/h6,13-14,16H,5,7-12,15H2,1-4H3. The summed E-state index contributed by atoms with van der Waals surface area (Å²) < 4.78 is 13.0. The lowest BCUT2D eigenvalue weighted by molar-refractivity contribution is -0.384. The molecule has 2 rings (SSSR count). The van der Waals surface area contributed by atoms with Crippen molar-refractivity contribution < 1.29 is 14.4 Å². The summed E-state index contributed by atoms with van der Waals surface area (Å²) in [4.78, 5) is 24.1. The Hall–Kier alpha value is -2.83. The molecule has 7 heteroatoms. The van der Waals surface area contributed by atoms with E-state index in [1.165, 1.54) is 38.5 Å². The molecule has 2 aromatic rings. The fourth-order valence-electron chi connectivity index (χ4n) is 3.52. The van der Waals surface area contributed by atoms with Crippen LogP contribution in [0.15, 0.2) is 34.8 Å². The highest BCUT2D eigenvalue weighted by atomic mass is 16.6. The number of hydrogen-bond acceptors (Lipinski definition) is 5. The van der Waals surface area contributed by atoms with Crippen LogP contribution in [0.25, 0.3) is 10.9 Å². The number of ether oxygens (including phenoxy) is 2. The molecule has 7 nitrogen and oxygen atoms in total. The van der Waals surface area contributed by atoms with Crippen molar-refractivity contribution in [3.8, 4) is 11.5 Å². The minimum atomic E-state index is -0.451. The predicted octanol–water partition coefficient (Wildman–Crippen LogP) is 5.97. The molecule has 0 fully saturated rings. The van der Waals surface area contributed by atoms with Gasteiger partial charge >= 0.3 is 0 Å². The fraction of sp³-hybridized carbons (Fsp3) is 0.522. The van der Waals surface area contributed by atoms with Gasteiger partial charge in [-0.2, -0.15) is 0 Å². The van der Waals surface area contributed by atoms with Crippen LogP contribution in [0, 0.1) is 10.1 Å². The lowest BCUT2D eigenvalue weighted by Crippen LogP contribution is -2.23. The maximum Gasteiger partial charge on any atom is 0.297 e. The number of benzene rings is 1. The Morgan fingerprint density at radius 2 is 1.83 bits per heavy atom. The van der Waals surface area contributed by atoms with E-state index in [-0.39, 0.29) is 17.0 Å². The van der Waals surface area contributed by atoms with Crippen LogP contribution in [0.5, 0.6) is 11.5 Å². The first kappa shape index (κ1) is 23.4. The number of non-ortho nitro benzene ring substituents is 1. The van der Waals surface area contributed by atoms with Gasteiger partial charge in [0.05, 0.1) is 23.3 Å². The third kappa shape index (κ3) is 5.40. The summed E-state index contributed by atoms with van der Waals surface area (Å²) in [6, 6.07) is 4.50. The molecular weight excluding hydrogens is 384 g/mol. The highest BCUT2D eigenvalue weighted by Gasteiger charge is 2.22. The highest BCUT2D eigenvalue weighted by molar-refractivity contribution is 5.89. The van der Waals surface area contributed by atoms with Gasteiger partial charge in [-0.15, -0.1) is 0 Å². The summed E-state index contributed by atoms with van der Waals surface area (Å²) in [7, 11) is 1.44. The fourth-order valence-corrected chi connectivity index (χ4v) is 3.52. The van der Waals surface area contributed by atoms with Gasteiger partial charge in [0.15, 0.2) is 5.75 Å². The Balaban J connectivity index is 2.55. The first-order valence-corrected chi connectivity index (χ1v) is 10.7. The minimum Gasteiger partial charge on any atom is -0.488 e. The third-order valence-electron chi connectivity index (χ3n) is 5.22. The number of pyridine rings is 1. The van der Waals surface area contributed by atoms with Gasteiger partial charge in [0.1, 0.15) is 0 Å². The molecule has 0 aliphatic heterocycles. The molecular formula is C23H32N2O5. The molecule has 0 saturated carbocycles. The van der Waals surface area contributed by atoms with Gasteiger partial charge in [0, 0.05) is 30.5 Å². The number of aromatic nitrogens is 1. The van der Waals surface area contributed by atoms with Crippen LogP contribution in [-0.4, -0.2) is 16.6 Å². The van der Waals surface area contributed by atoms with E-state index in [0.29, 0.717) is 35.4 Å². The van der Waals surface area contributed by atoms with E-state index in [9.17, 15) is 14.9 Å². The molecule has 30 heavy (non-hydrogen) atoms. The van der Waals surface area contributed by atoms with Crippen molar-refractivity contribution in [2.45, 2.75) is 72.3 Å². The van der Waals surface area contributed by atoms with Crippen molar-refractivity contribution in [2.24, 2.45) is 0 Å². The van der Waals surface area contributed by atoms with Crippen LogP contribution >= 0.6 is 0 Å². The predicted molar refractivity (Wildman–Crippen MR) is 119 cm³/mol. The number of unbranched alkanes of at least 4 members (excludes halogenated alkanes) is 5. The van der Waals surface area contributed by atoms with Gasteiger partial charge < -0.3 is 14.0 Å². The number of nitro benzene ring substituents is 1. The Kier molecular flexibility index (Phi) is 8.89. The number of methoxy groups -OCH3 is 1. The topological polar surface area (TPSA) is 83.6 Å². The lowest BCUT2D eigenvalue weighted by Gasteiger charge is -2.18. The number of fused-ring (bicyclic) bond motifs is 1. The Bertz CT molecular complexity index is 962. The van der Waals surface area contributed by atoms with Gasteiger partial charge in [0.25, 0.3) is 11.2 Å². The molecule has 164 valence electrons. The van der Waals surface area contributed by atoms with Crippen molar-refractivity contribution in [3.05, 3.63) is 50.5 Å². The molecule has 0 unspecified atom stereocenters. The number of nitrogens with zero attached hydrogens (tertiary/aromatic N) is 2. The first-order chi connectivity index (χ1) is 14.5. The number of allylic oxidation sites excluding steroid dienone is 2. The Morgan fingerprint density at radius 1 is 1.13 bits per heavy atom. The second-order valence-corrected chi connectivity index (χ2v) is 7.26. The normalized spacial score (nSPS) is 11.7. The molecule has 1 aromatic heterocycles. The molecule has 0 saturated heterocycles. The second kappa shape index (κ2) is 11.4. The zero-order valence-corrected chi connectivity index (χ0v) is 18.4. The van der Waals surface area contributed by atoms with Gasteiger partial charge in [-0.25, -0.2) is 0 Å². The monoisotopic (exact) mass is 416 g/mol. The maximum absolute atomic E-state index is 13.2. The lowest BCUT2D eigenvalue weighted by atomic mass is 10.1. The van der Waals surface area contributed by atoms with E-state index < -0.39 is 4.92 Å². The minimum absolute atomic E-state index is 0.0588. The van der Waals surface area contributed by atoms with Gasteiger partial charge in [-0.1, -0.05) is 46.0 Å². The smallest absolute Gasteiger partial charge is 0.297 e. The number of hydrogen-bond donors (Lipinski definition) is 0. The number of nitro groups is 1. The maximum atomic E-state index is 13.2. The van der Waals surface area contributed by atoms with Gasteiger partial charge in [0.2, 0.25) is 5.75 Å². The quantitative estimate of drug-likeness (QED) is 0.184. The van der Waals surface area contributed by atoms with Gasteiger partial charge in [-0.3, -0.25) is 14.9 Å². The van der Waals surface area contributed by atoms with E-state index >= 15 is 0 Å². The van der Waals surface area contributed by atoms with Crippen LogP contribution in [-0.2, 0) is 6.54 Å². The molecule has 1 heterocycles. The average molecular weight is 417 g/mol. The summed E-state index contributed by atoms with van der Waals surface area (Å²) in [5, 5.41) is 12.0. The SMILES string of the molecule is CC=C(CC)Oc1c(OC)c(=O)n(CCCCCCCC)c2cc([N+](=O)[O-])ccc12. The van der Waals surface area contributed by atoms with Crippen LogP contribution in [0.4, 0.5) is 5.69 Å². The average Bonchev–Trinajstić information content (AvgIpc) is 2.75.